The summed E-state index contributed by atoms with van der Waals surface area (Å²) in [6, 6.07) is 9.66. The molecule has 0 spiro atoms. The summed E-state index contributed by atoms with van der Waals surface area (Å²) in [7, 11) is 1.07. The second-order valence-electron chi connectivity index (χ2n) is 9.83. The molecular weight excluding hydrogens is 447 g/mol. The topological polar surface area (TPSA) is 76.4 Å². The lowest BCUT2D eigenvalue weighted by molar-refractivity contribution is -0.142. The first-order valence-corrected chi connectivity index (χ1v) is 11.9. The third kappa shape index (κ3) is 5.04. The van der Waals surface area contributed by atoms with Gasteiger partial charge in [-0.05, 0) is 64.7 Å². The van der Waals surface area contributed by atoms with Crippen LogP contribution in [0.2, 0.25) is 0 Å². The molecule has 0 atom stereocenters. The average Bonchev–Trinajstić information content (AvgIpc) is 3.30. The largest absolute Gasteiger partial charge is 0.494 e. The molecule has 35 heavy (non-hydrogen) atoms. The SMILES string of the molecule is CCOC(=O)Cc1ccc(C)cc1OCc1coc2c(OC)cc(B3OC(C)(C)C(C)(C)O3)cc12. The summed E-state index contributed by atoms with van der Waals surface area (Å²) in [5.41, 5.74) is 3.22. The van der Waals surface area contributed by atoms with Crippen molar-refractivity contribution in [2.75, 3.05) is 13.7 Å². The molecule has 0 bridgehead atoms. The lowest BCUT2D eigenvalue weighted by Gasteiger charge is -2.32. The average molecular weight is 480 g/mol. The Bertz CT molecular complexity index is 1210. The Kier molecular flexibility index (Phi) is 6.89. The summed E-state index contributed by atoms with van der Waals surface area (Å²) in [4.78, 5) is 12.1. The number of carbonyl (C=O) groups excluding carboxylic acids is 1. The van der Waals surface area contributed by atoms with Gasteiger partial charge in [0.15, 0.2) is 11.3 Å². The smallest absolute Gasteiger partial charge is 0.493 e. The van der Waals surface area contributed by atoms with Crippen molar-refractivity contribution in [2.45, 2.75) is 65.8 Å². The Morgan fingerprint density at radius 1 is 1.00 bits per heavy atom. The molecule has 0 unspecified atom stereocenters. The zero-order chi connectivity index (χ0) is 25.4. The molecule has 2 aromatic carbocycles. The van der Waals surface area contributed by atoms with Gasteiger partial charge in [0.1, 0.15) is 12.4 Å². The standard InChI is InChI=1S/C27H33BO7/c1-8-31-24(29)12-18-10-9-17(2)11-22(18)32-15-19-16-33-25-21(19)13-20(14-23(25)30-7)28-34-26(3,4)27(5,6)35-28/h9-11,13-14,16H,8,12,15H2,1-7H3. The molecule has 1 aliphatic rings. The van der Waals surface area contributed by atoms with Gasteiger partial charge in [0.25, 0.3) is 0 Å². The highest BCUT2D eigenvalue weighted by molar-refractivity contribution is 6.62. The van der Waals surface area contributed by atoms with Crippen molar-refractivity contribution < 1.29 is 32.7 Å². The van der Waals surface area contributed by atoms with Gasteiger partial charge in [-0.2, -0.15) is 0 Å². The van der Waals surface area contributed by atoms with E-state index >= 15 is 0 Å². The number of hydrogen-bond donors (Lipinski definition) is 0. The summed E-state index contributed by atoms with van der Waals surface area (Å²) < 4.78 is 35.2. The fourth-order valence-electron chi connectivity index (χ4n) is 4.02. The van der Waals surface area contributed by atoms with E-state index in [1.807, 2.05) is 65.0 Å². The molecule has 7 nitrogen and oxygen atoms in total. The van der Waals surface area contributed by atoms with Crippen LogP contribution in [0.4, 0.5) is 0 Å². The van der Waals surface area contributed by atoms with Crippen molar-refractivity contribution in [2.24, 2.45) is 0 Å². The Morgan fingerprint density at radius 2 is 1.71 bits per heavy atom. The first-order valence-electron chi connectivity index (χ1n) is 11.9. The van der Waals surface area contributed by atoms with Crippen molar-refractivity contribution in [3.8, 4) is 11.5 Å². The van der Waals surface area contributed by atoms with Crippen LogP contribution in [0.15, 0.2) is 41.0 Å². The summed E-state index contributed by atoms with van der Waals surface area (Å²) in [6.45, 7) is 12.5. The molecule has 4 rings (SSSR count). The molecule has 1 aliphatic heterocycles. The van der Waals surface area contributed by atoms with Gasteiger partial charge in [-0.25, -0.2) is 0 Å². The summed E-state index contributed by atoms with van der Waals surface area (Å²) >= 11 is 0. The highest BCUT2D eigenvalue weighted by Gasteiger charge is 2.52. The van der Waals surface area contributed by atoms with Crippen LogP contribution in [0.25, 0.3) is 11.0 Å². The normalized spacial score (nSPS) is 16.5. The van der Waals surface area contributed by atoms with Gasteiger partial charge in [-0.1, -0.05) is 18.2 Å². The molecule has 3 aromatic rings. The van der Waals surface area contributed by atoms with Crippen LogP contribution in [0.3, 0.4) is 0 Å². The van der Waals surface area contributed by atoms with Crippen molar-refractivity contribution in [1.82, 2.24) is 0 Å². The van der Waals surface area contributed by atoms with Crippen molar-refractivity contribution in [3.63, 3.8) is 0 Å². The number of carbonyl (C=O) groups is 1. The van der Waals surface area contributed by atoms with Gasteiger partial charge in [-0.3, -0.25) is 4.79 Å². The van der Waals surface area contributed by atoms with Crippen LogP contribution < -0.4 is 14.9 Å². The molecule has 1 fully saturated rings. The zero-order valence-electron chi connectivity index (χ0n) is 21.5. The van der Waals surface area contributed by atoms with Gasteiger partial charge < -0.3 is 27.9 Å². The molecule has 0 saturated carbocycles. The predicted octanol–water partition coefficient (Wildman–Crippen LogP) is 4.73. The van der Waals surface area contributed by atoms with Crippen LogP contribution in [-0.4, -0.2) is 38.0 Å². The lowest BCUT2D eigenvalue weighted by atomic mass is 9.78. The molecule has 1 aromatic heterocycles. The second kappa shape index (κ2) is 9.59. The number of fused-ring (bicyclic) bond motifs is 1. The minimum Gasteiger partial charge on any atom is -0.493 e. The van der Waals surface area contributed by atoms with Gasteiger partial charge in [0.05, 0.1) is 37.6 Å². The van der Waals surface area contributed by atoms with Crippen LogP contribution in [0, 0.1) is 6.92 Å². The van der Waals surface area contributed by atoms with Crippen LogP contribution >= 0.6 is 0 Å². The third-order valence-electron chi connectivity index (χ3n) is 6.73. The number of furan rings is 1. The quantitative estimate of drug-likeness (QED) is 0.341. The number of ether oxygens (including phenoxy) is 3. The summed E-state index contributed by atoms with van der Waals surface area (Å²) in [5.74, 6) is 0.949. The maximum Gasteiger partial charge on any atom is 0.494 e. The van der Waals surface area contributed by atoms with Gasteiger partial charge in [-0.15, -0.1) is 0 Å². The number of aryl methyl sites for hydroxylation is 1. The van der Waals surface area contributed by atoms with E-state index < -0.39 is 18.3 Å². The van der Waals surface area contributed by atoms with E-state index in [-0.39, 0.29) is 19.0 Å². The molecule has 8 heteroatoms. The van der Waals surface area contributed by atoms with Crippen LogP contribution in [-0.2, 0) is 31.9 Å². The fourth-order valence-corrected chi connectivity index (χ4v) is 4.02. The maximum atomic E-state index is 12.1. The van der Waals surface area contributed by atoms with Gasteiger partial charge >= 0.3 is 13.1 Å². The Morgan fingerprint density at radius 3 is 2.37 bits per heavy atom. The third-order valence-corrected chi connectivity index (χ3v) is 6.73. The molecule has 2 heterocycles. The number of methoxy groups -OCH3 is 1. The Balaban J connectivity index is 1.63. The van der Waals surface area contributed by atoms with E-state index in [1.54, 1.807) is 20.3 Å². The molecular formula is C27H33BO7. The number of hydrogen-bond acceptors (Lipinski definition) is 7. The summed E-state index contributed by atoms with van der Waals surface area (Å²) in [5, 5.41) is 0.855. The molecule has 186 valence electrons. The Hall–Kier alpha value is -2.97. The van der Waals surface area contributed by atoms with Crippen LogP contribution in [0.1, 0.15) is 51.3 Å². The zero-order valence-corrected chi connectivity index (χ0v) is 21.5. The molecule has 0 radical (unpaired) electrons. The first-order chi connectivity index (χ1) is 16.5. The number of rotatable bonds is 8. The first kappa shape index (κ1) is 25.1. The molecule has 0 amide bonds. The van der Waals surface area contributed by atoms with Crippen molar-refractivity contribution >= 4 is 29.5 Å². The van der Waals surface area contributed by atoms with E-state index in [0.29, 0.717) is 23.7 Å². The molecule has 0 aliphatic carbocycles. The predicted molar refractivity (Wildman–Crippen MR) is 134 cm³/mol. The highest BCUT2D eigenvalue weighted by atomic mass is 16.7. The van der Waals surface area contributed by atoms with Crippen molar-refractivity contribution in [3.05, 3.63) is 53.3 Å². The van der Waals surface area contributed by atoms with Crippen LogP contribution in [0.5, 0.6) is 11.5 Å². The number of benzene rings is 2. The van der Waals surface area contributed by atoms with E-state index in [9.17, 15) is 4.79 Å². The lowest BCUT2D eigenvalue weighted by Crippen LogP contribution is -2.41. The van der Waals surface area contributed by atoms with Gasteiger partial charge in [0.2, 0.25) is 0 Å². The van der Waals surface area contributed by atoms with E-state index in [2.05, 4.69) is 0 Å². The minimum atomic E-state index is -0.532. The Labute approximate surface area is 206 Å². The van der Waals surface area contributed by atoms with Crippen molar-refractivity contribution in [1.29, 1.82) is 0 Å². The molecule has 0 N–H and O–H groups in total. The minimum absolute atomic E-state index is 0.148. The summed E-state index contributed by atoms with van der Waals surface area (Å²) in [6.07, 6.45) is 1.82. The highest BCUT2D eigenvalue weighted by Crippen LogP contribution is 2.38. The van der Waals surface area contributed by atoms with E-state index in [1.165, 1.54) is 0 Å². The second-order valence-corrected chi connectivity index (χ2v) is 9.83. The number of esters is 1. The monoisotopic (exact) mass is 480 g/mol. The van der Waals surface area contributed by atoms with E-state index in [0.717, 1.165) is 27.5 Å². The van der Waals surface area contributed by atoms with Gasteiger partial charge in [0, 0.05) is 16.5 Å². The fraction of sp³-hybridized carbons (Fsp3) is 0.444. The van der Waals surface area contributed by atoms with E-state index in [4.69, 9.17) is 27.9 Å². The maximum absolute atomic E-state index is 12.1. The molecule has 1 saturated heterocycles.